The Balaban J connectivity index is 1.88. The molecule has 1 N–H and O–H groups in total. The van der Waals surface area contributed by atoms with E-state index < -0.39 is 11.6 Å². The van der Waals surface area contributed by atoms with Crippen molar-refractivity contribution in [1.29, 1.82) is 0 Å². The molecule has 0 saturated carbocycles. The van der Waals surface area contributed by atoms with Gasteiger partial charge in [-0.25, -0.2) is 13.8 Å². The molecule has 21 heavy (non-hydrogen) atoms. The van der Waals surface area contributed by atoms with Gasteiger partial charge in [0, 0.05) is 31.4 Å². The smallest absolute Gasteiger partial charge is 0.213 e. The average Bonchev–Trinajstić information content (AvgIpc) is 2.48. The summed E-state index contributed by atoms with van der Waals surface area (Å²) >= 11 is 0. The van der Waals surface area contributed by atoms with Crippen LogP contribution in [0.25, 0.3) is 0 Å². The molecule has 0 bridgehead atoms. The number of ether oxygens (including phenoxy) is 2. The van der Waals surface area contributed by atoms with Crippen LogP contribution in [0, 0.1) is 11.6 Å². The van der Waals surface area contributed by atoms with Gasteiger partial charge in [0.05, 0.1) is 18.5 Å². The number of rotatable bonds is 7. The summed E-state index contributed by atoms with van der Waals surface area (Å²) in [7, 11) is 1.60. The van der Waals surface area contributed by atoms with Crippen LogP contribution in [-0.2, 0) is 11.3 Å². The zero-order valence-corrected chi connectivity index (χ0v) is 11.6. The fourth-order valence-corrected chi connectivity index (χ4v) is 1.66. The third-order valence-corrected chi connectivity index (χ3v) is 2.77. The van der Waals surface area contributed by atoms with Crippen LogP contribution in [0.2, 0.25) is 0 Å². The highest BCUT2D eigenvalue weighted by atomic mass is 19.1. The SMILES string of the molecule is COCCOc1ccc(NCc2ccc(F)cc2F)cn1. The Morgan fingerprint density at radius 2 is 2.00 bits per heavy atom. The number of benzene rings is 1. The highest BCUT2D eigenvalue weighted by molar-refractivity contribution is 5.42. The summed E-state index contributed by atoms with van der Waals surface area (Å²) in [6.45, 7) is 1.17. The minimum absolute atomic E-state index is 0.248. The first-order valence-electron chi connectivity index (χ1n) is 6.44. The standard InChI is InChI=1S/C15H16F2N2O2/c1-20-6-7-21-15-5-4-13(10-19-15)18-9-11-2-3-12(16)8-14(11)17/h2-5,8,10,18H,6-7,9H2,1H3. The Morgan fingerprint density at radius 1 is 1.14 bits per heavy atom. The molecule has 0 amide bonds. The molecule has 0 aliphatic heterocycles. The van der Waals surface area contributed by atoms with E-state index in [0.717, 1.165) is 11.8 Å². The summed E-state index contributed by atoms with van der Waals surface area (Å²) in [6, 6.07) is 6.98. The van der Waals surface area contributed by atoms with Crippen molar-refractivity contribution in [2.24, 2.45) is 0 Å². The quantitative estimate of drug-likeness (QED) is 0.797. The maximum atomic E-state index is 13.5. The van der Waals surface area contributed by atoms with Crippen molar-refractivity contribution < 1.29 is 18.3 Å². The molecule has 0 aliphatic carbocycles. The lowest BCUT2D eigenvalue weighted by molar-refractivity contribution is 0.144. The zero-order chi connectivity index (χ0) is 15.1. The van der Waals surface area contributed by atoms with E-state index >= 15 is 0 Å². The molecule has 0 aliphatic rings. The second-order valence-electron chi connectivity index (χ2n) is 4.32. The molecule has 0 fully saturated rings. The minimum Gasteiger partial charge on any atom is -0.475 e. The van der Waals surface area contributed by atoms with Gasteiger partial charge in [-0.2, -0.15) is 0 Å². The Hall–Kier alpha value is -2.21. The van der Waals surface area contributed by atoms with E-state index in [0.29, 0.717) is 24.7 Å². The van der Waals surface area contributed by atoms with E-state index in [9.17, 15) is 8.78 Å². The largest absolute Gasteiger partial charge is 0.475 e. The van der Waals surface area contributed by atoms with Gasteiger partial charge >= 0.3 is 0 Å². The lowest BCUT2D eigenvalue weighted by Gasteiger charge is -2.08. The van der Waals surface area contributed by atoms with Gasteiger partial charge in [-0.15, -0.1) is 0 Å². The summed E-state index contributed by atoms with van der Waals surface area (Å²) in [5.74, 6) is -0.670. The van der Waals surface area contributed by atoms with Crippen molar-refractivity contribution in [3.05, 3.63) is 53.7 Å². The highest BCUT2D eigenvalue weighted by Crippen LogP contribution is 2.15. The summed E-state index contributed by atoms with van der Waals surface area (Å²) < 4.78 is 36.5. The Morgan fingerprint density at radius 3 is 2.67 bits per heavy atom. The molecule has 1 aromatic carbocycles. The third-order valence-electron chi connectivity index (χ3n) is 2.77. The first kappa shape index (κ1) is 15.2. The maximum absolute atomic E-state index is 13.5. The van der Waals surface area contributed by atoms with Crippen molar-refractivity contribution in [3.63, 3.8) is 0 Å². The summed E-state index contributed by atoms with van der Waals surface area (Å²) in [6.07, 6.45) is 1.59. The predicted octanol–water partition coefficient (Wildman–Crippen LogP) is 3.00. The molecule has 0 spiro atoms. The van der Waals surface area contributed by atoms with E-state index in [1.807, 2.05) is 0 Å². The van der Waals surface area contributed by atoms with Crippen molar-refractivity contribution in [3.8, 4) is 5.88 Å². The van der Waals surface area contributed by atoms with E-state index in [1.165, 1.54) is 12.1 Å². The Kier molecular flexibility index (Phi) is 5.45. The molecule has 2 aromatic rings. The van der Waals surface area contributed by atoms with Crippen LogP contribution in [0.15, 0.2) is 36.5 Å². The topological polar surface area (TPSA) is 43.4 Å². The monoisotopic (exact) mass is 294 g/mol. The van der Waals surface area contributed by atoms with Crippen LogP contribution in [0.4, 0.5) is 14.5 Å². The van der Waals surface area contributed by atoms with Gasteiger partial charge in [-0.3, -0.25) is 0 Å². The van der Waals surface area contributed by atoms with Gasteiger partial charge < -0.3 is 14.8 Å². The molecule has 1 heterocycles. The number of hydrogen-bond donors (Lipinski definition) is 1. The molecule has 6 heteroatoms. The van der Waals surface area contributed by atoms with Crippen LogP contribution in [0.5, 0.6) is 5.88 Å². The second-order valence-corrected chi connectivity index (χ2v) is 4.32. The number of nitrogens with one attached hydrogen (secondary N) is 1. The molecule has 0 radical (unpaired) electrons. The molecule has 112 valence electrons. The van der Waals surface area contributed by atoms with Gasteiger partial charge in [-0.1, -0.05) is 6.07 Å². The molecule has 4 nitrogen and oxygen atoms in total. The van der Waals surface area contributed by atoms with Gasteiger partial charge in [0.2, 0.25) is 5.88 Å². The number of methoxy groups -OCH3 is 1. The van der Waals surface area contributed by atoms with Crippen LogP contribution < -0.4 is 10.1 Å². The lowest BCUT2D eigenvalue weighted by atomic mass is 10.2. The molecule has 0 saturated heterocycles. The minimum atomic E-state index is -0.588. The first-order chi connectivity index (χ1) is 10.2. The number of aromatic nitrogens is 1. The summed E-state index contributed by atoms with van der Waals surface area (Å²) in [4.78, 5) is 4.11. The van der Waals surface area contributed by atoms with Crippen molar-refractivity contribution >= 4 is 5.69 Å². The summed E-state index contributed by atoms with van der Waals surface area (Å²) in [5.41, 5.74) is 1.11. The van der Waals surface area contributed by atoms with Gasteiger partial charge in [0.15, 0.2) is 0 Å². The Bertz CT molecular complexity index is 576. The highest BCUT2D eigenvalue weighted by Gasteiger charge is 2.04. The fourth-order valence-electron chi connectivity index (χ4n) is 1.66. The number of nitrogens with zero attached hydrogens (tertiary/aromatic N) is 1. The van der Waals surface area contributed by atoms with Crippen molar-refractivity contribution in [2.75, 3.05) is 25.6 Å². The van der Waals surface area contributed by atoms with Crippen LogP contribution in [0.1, 0.15) is 5.56 Å². The van der Waals surface area contributed by atoms with Crippen LogP contribution in [-0.4, -0.2) is 25.3 Å². The van der Waals surface area contributed by atoms with Crippen molar-refractivity contribution in [2.45, 2.75) is 6.54 Å². The molecule has 1 aromatic heterocycles. The van der Waals surface area contributed by atoms with E-state index in [1.54, 1.807) is 25.4 Å². The van der Waals surface area contributed by atoms with Crippen LogP contribution in [0.3, 0.4) is 0 Å². The van der Waals surface area contributed by atoms with E-state index in [2.05, 4.69) is 10.3 Å². The van der Waals surface area contributed by atoms with Crippen LogP contribution >= 0.6 is 0 Å². The number of hydrogen-bond acceptors (Lipinski definition) is 4. The van der Waals surface area contributed by atoms with E-state index in [4.69, 9.17) is 9.47 Å². The maximum Gasteiger partial charge on any atom is 0.213 e. The number of pyridine rings is 1. The Labute approximate surface area is 121 Å². The van der Waals surface area contributed by atoms with Gasteiger partial charge in [-0.05, 0) is 12.1 Å². The molecule has 0 atom stereocenters. The normalized spacial score (nSPS) is 10.4. The van der Waals surface area contributed by atoms with E-state index in [-0.39, 0.29) is 6.54 Å². The lowest BCUT2D eigenvalue weighted by Crippen LogP contribution is -2.06. The molecular formula is C15H16F2N2O2. The van der Waals surface area contributed by atoms with Crippen molar-refractivity contribution in [1.82, 2.24) is 4.98 Å². The third kappa shape index (κ3) is 4.68. The second kappa shape index (κ2) is 7.54. The number of halogens is 2. The molecular weight excluding hydrogens is 278 g/mol. The fraction of sp³-hybridized carbons (Fsp3) is 0.267. The summed E-state index contributed by atoms with van der Waals surface area (Å²) in [5, 5.41) is 3.01. The van der Waals surface area contributed by atoms with Gasteiger partial charge in [0.1, 0.15) is 18.2 Å². The number of anilines is 1. The molecule has 0 unspecified atom stereocenters. The first-order valence-corrected chi connectivity index (χ1v) is 6.44. The predicted molar refractivity (Wildman–Crippen MR) is 75.3 cm³/mol. The average molecular weight is 294 g/mol. The zero-order valence-electron chi connectivity index (χ0n) is 11.6. The van der Waals surface area contributed by atoms with Gasteiger partial charge in [0.25, 0.3) is 0 Å². The molecule has 2 rings (SSSR count).